The zero-order chi connectivity index (χ0) is 9.10. The molecule has 0 fully saturated rings. The SMILES string of the molecule is Cn1nnnc1SCc1cccs1. The molecule has 0 aliphatic carbocycles. The molecule has 0 aliphatic rings. The number of rotatable bonds is 3. The fourth-order valence-corrected chi connectivity index (χ4v) is 2.50. The predicted molar refractivity (Wildman–Crippen MR) is 52.7 cm³/mol. The van der Waals surface area contributed by atoms with Gasteiger partial charge < -0.3 is 0 Å². The first-order valence-corrected chi connectivity index (χ1v) is 5.60. The molecule has 2 aromatic rings. The van der Waals surface area contributed by atoms with Gasteiger partial charge in [-0.2, -0.15) is 0 Å². The van der Waals surface area contributed by atoms with Gasteiger partial charge in [0.25, 0.3) is 0 Å². The highest BCUT2D eigenvalue weighted by Crippen LogP contribution is 2.21. The van der Waals surface area contributed by atoms with E-state index in [2.05, 4.69) is 33.0 Å². The quantitative estimate of drug-likeness (QED) is 0.724. The summed E-state index contributed by atoms with van der Waals surface area (Å²) in [5.74, 6) is 0.936. The van der Waals surface area contributed by atoms with Crippen molar-refractivity contribution in [2.24, 2.45) is 7.05 Å². The second-order valence-electron chi connectivity index (χ2n) is 2.45. The van der Waals surface area contributed by atoms with Gasteiger partial charge in [0.15, 0.2) is 0 Å². The first-order chi connectivity index (χ1) is 6.36. The molecule has 4 nitrogen and oxygen atoms in total. The Hall–Kier alpha value is -0.880. The van der Waals surface area contributed by atoms with E-state index in [1.807, 2.05) is 7.05 Å². The summed E-state index contributed by atoms with van der Waals surface area (Å²) in [7, 11) is 1.84. The summed E-state index contributed by atoms with van der Waals surface area (Å²) in [4.78, 5) is 1.34. The average molecular weight is 212 g/mol. The van der Waals surface area contributed by atoms with Crippen molar-refractivity contribution in [3.8, 4) is 0 Å². The van der Waals surface area contributed by atoms with Crippen LogP contribution in [-0.4, -0.2) is 20.2 Å². The zero-order valence-electron chi connectivity index (χ0n) is 7.04. The van der Waals surface area contributed by atoms with Crippen LogP contribution in [0.1, 0.15) is 4.88 Å². The van der Waals surface area contributed by atoms with Gasteiger partial charge in [-0.3, -0.25) is 0 Å². The fraction of sp³-hybridized carbons (Fsp3) is 0.286. The molecule has 13 heavy (non-hydrogen) atoms. The molecule has 0 saturated carbocycles. The van der Waals surface area contributed by atoms with Crippen molar-refractivity contribution in [1.82, 2.24) is 20.2 Å². The first-order valence-electron chi connectivity index (χ1n) is 3.74. The molecule has 0 amide bonds. The lowest BCUT2D eigenvalue weighted by Gasteiger charge is -1.95. The van der Waals surface area contributed by atoms with Crippen LogP contribution >= 0.6 is 23.1 Å². The Balaban J connectivity index is 1.97. The van der Waals surface area contributed by atoms with Gasteiger partial charge in [0.05, 0.1) is 0 Å². The van der Waals surface area contributed by atoms with Crippen molar-refractivity contribution >= 4 is 23.1 Å². The summed E-state index contributed by atoms with van der Waals surface area (Å²) < 4.78 is 1.68. The maximum absolute atomic E-state index is 3.88. The van der Waals surface area contributed by atoms with Crippen molar-refractivity contribution in [3.05, 3.63) is 22.4 Å². The lowest BCUT2D eigenvalue weighted by molar-refractivity contribution is 0.664. The van der Waals surface area contributed by atoms with Gasteiger partial charge in [-0.1, -0.05) is 17.8 Å². The van der Waals surface area contributed by atoms with Crippen molar-refractivity contribution < 1.29 is 0 Å². The maximum Gasteiger partial charge on any atom is 0.209 e. The number of hydrogen-bond acceptors (Lipinski definition) is 5. The Morgan fingerprint density at radius 2 is 2.54 bits per heavy atom. The third-order valence-electron chi connectivity index (χ3n) is 1.50. The highest BCUT2D eigenvalue weighted by atomic mass is 32.2. The Bertz CT molecular complexity index is 368. The van der Waals surface area contributed by atoms with Crippen LogP contribution in [0.5, 0.6) is 0 Å². The van der Waals surface area contributed by atoms with Crippen LogP contribution in [0.25, 0.3) is 0 Å². The molecule has 2 rings (SSSR count). The molecule has 0 aromatic carbocycles. The van der Waals surface area contributed by atoms with E-state index in [4.69, 9.17) is 0 Å². The van der Waals surface area contributed by atoms with Gasteiger partial charge in [0, 0.05) is 17.7 Å². The van der Waals surface area contributed by atoms with Crippen LogP contribution < -0.4 is 0 Å². The third-order valence-corrected chi connectivity index (χ3v) is 3.62. The number of aryl methyl sites for hydroxylation is 1. The minimum Gasteiger partial charge on any atom is -0.224 e. The summed E-state index contributed by atoms with van der Waals surface area (Å²) >= 11 is 3.40. The summed E-state index contributed by atoms with van der Waals surface area (Å²) in [6.45, 7) is 0. The lowest BCUT2D eigenvalue weighted by atomic mass is 10.5. The molecule has 2 heterocycles. The predicted octanol–water partition coefficient (Wildman–Crippen LogP) is 1.56. The van der Waals surface area contributed by atoms with Crippen LogP contribution in [0.15, 0.2) is 22.7 Å². The van der Waals surface area contributed by atoms with Gasteiger partial charge in [-0.25, -0.2) is 4.68 Å². The third kappa shape index (κ3) is 2.07. The van der Waals surface area contributed by atoms with Crippen molar-refractivity contribution in [1.29, 1.82) is 0 Å². The van der Waals surface area contributed by atoms with Crippen LogP contribution in [0.2, 0.25) is 0 Å². The average Bonchev–Trinajstić information content (AvgIpc) is 2.72. The van der Waals surface area contributed by atoms with E-state index in [0.717, 1.165) is 10.9 Å². The molecule has 0 spiro atoms. The lowest BCUT2D eigenvalue weighted by Crippen LogP contribution is -1.92. The van der Waals surface area contributed by atoms with E-state index in [1.54, 1.807) is 27.8 Å². The monoisotopic (exact) mass is 212 g/mol. The second kappa shape index (κ2) is 3.89. The van der Waals surface area contributed by atoms with Gasteiger partial charge in [0.2, 0.25) is 5.16 Å². The first kappa shape index (κ1) is 8.71. The topological polar surface area (TPSA) is 43.6 Å². The number of aromatic nitrogens is 4. The fourth-order valence-electron chi connectivity index (χ4n) is 0.874. The van der Waals surface area contributed by atoms with Crippen LogP contribution in [0, 0.1) is 0 Å². The maximum atomic E-state index is 3.88. The molecule has 2 aromatic heterocycles. The minimum absolute atomic E-state index is 0.855. The number of hydrogen-bond donors (Lipinski definition) is 0. The smallest absolute Gasteiger partial charge is 0.209 e. The van der Waals surface area contributed by atoms with E-state index in [-0.39, 0.29) is 0 Å². The van der Waals surface area contributed by atoms with E-state index in [1.165, 1.54) is 4.88 Å². The summed E-state index contributed by atoms with van der Waals surface area (Å²) in [5.41, 5.74) is 0. The Morgan fingerprint density at radius 1 is 1.62 bits per heavy atom. The number of tetrazole rings is 1. The van der Waals surface area contributed by atoms with Crippen molar-refractivity contribution in [2.45, 2.75) is 10.9 Å². The summed E-state index contributed by atoms with van der Waals surface area (Å²) in [5, 5.41) is 14.1. The number of thiophene rings is 1. The molecule has 68 valence electrons. The molecular weight excluding hydrogens is 204 g/mol. The van der Waals surface area contributed by atoms with E-state index < -0.39 is 0 Å². The summed E-state index contributed by atoms with van der Waals surface area (Å²) in [6, 6.07) is 4.16. The van der Waals surface area contributed by atoms with Crippen molar-refractivity contribution in [3.63, 3.8) is 0 Å². The molecule has 0 unspecified atom stereocenters. The Labute approximate surface area is 84.0 Å². The van der Waals surface area contributed by atoms with E-state index in [9.17, 15) is 0 Å². The van der Waals surface area contributed by atoms with Gasteiger partial charge in [-0.15, -0.1) is 16.4 Å². The molecule has 6 heteroatoms. The minimum atomic E-state index is 0.855. The number of thioether (sulfide) groups is 1. The van der Waals surface area contributed by atoms with Gasteiger partial charge >= 0.3 is 0 Å². The molecule has 0 radical (unpaired) electrons. The summed E-state index contributed by atoms with van der Waals surface area (Å²) in [6.07, 6.45) is 0. The molecule has 0 atom stereocenters. The normalized spacial score (nSPS) is 10.5. The largest absolute Gasteiger partial charge is 0.224 e. The Morgan fingerprint density at radius 3 is 3.15 bits per heavy atom. The highest BCUT2D eigenvalue weighted by molar-refractivity contribution is 7.98. The molecule has 0 saturated heterocycles. The van der Waals surface area contributed by atoms with Crippen molar-refractivity contribution in [2.75, 3.05) is 0 Å². The van der Waals surface area contributed by atoms with Crippen LogP contribution in [0.4, 0.5) is 0 Å². The van der Waals surface area contributed by atoms with Crippen LogP contribution in [-0.2, 0) is 12.8 Å². The standard InChI is InChI=1S/C7H8N4S2/c1-11-7(8-9-10-11)13-5-6-3-2-4-12-6/h2-4H,5H2,1H3. The number of nitrogens with zero attached hydrogens (tertiary/aromatic N) is 4. The molecule has 0 aliphatic heterocycles. The zero-order valence-corrected chi connectivity index (χ0v) is 8.68. The van der Waals surface area contributed by atoms with Gasteiger partial charge in [-0.05, 0) is 21.9 Å². The molecule has 0 bridgehead atoms. The second-order valence-corrected chi connectivity index (χ2v) is 4.43. The molecular formula is C7H8N4S2. The van der Waals surface area contributed by atoms with E-state index in [0.29, 0.717) is 0 Å². The van der Waals surface area contributed by atoms with Gasteiger partial charge in [0.1, 0.15) is 0 Å². The van der Waals surface area contributed by atoms with Crippen LogP contribution in [0.3, 0.4) is 0 Å². The van der Waals surface area contributed by atoms with E-state index >= 15 is 0 Å². The Kier molecular flexibility index (Phi) is 2.60. The highest BCUT2D eigenvalue weighted by Gasteiger charge is 2.03. The molecule has 0 N–H and O–H groups in total.